The van der Waals surface area contributed by atoms with Crippen LogP contribution in [0.1, 0.15) is 56.7 Å². The van der Waals surface area contributed by atoms with E-state index in [2.05, 4.69) is 4.90 Å². The molecule has 38 heavy (non-hydrogen) atoms. The molecule has 1 saturated heterocycles. The molecule has 0 spiro atoms. The summed E-state index contributed by atoms with van der Waals surface area (Å²) in [5.74, 6) is 0.0934. The van der Waals surface area contributed by atoms with Crippen LogP contribution in [0.3, 0.4) is 0 Å². The summed E-state index contributed by atoms with van der Waals surface area (Å²) in [7, 11) is -3.37. The zero-order valence-corrected chi connectivity index (χ0v) is 23.2. The fraction of sp³-hybridized carbons (Fsp3) is 0.536. The fourth-order valence-electron chi connectivity index (χ4n) is 5.38. The maximum absolute atomic E-state index is 12.8. The summed E-state index contributed by atoms with van der Waals surface area (Å²) in [4.78, 5) is 14.9. The van der Waals surface area contributed by atoms with Crippen molar-refractivity contribution in [2.24, 2.45) is 5.92 Å². The van der Waals surface area contributed by atoms with E-state index in [1.165, 1.54) is 4.31 Å². The number of carboxylic acid groups (broad SMARTS) is 1. The normalized spacial score (nSPS) is 21.2. The van der Waals surface area contributed by atoms with E-state index in [1.54, 1.807) is 6.92 Å². The predicted octanol–water partition coefficient (Wildman–Crippen LogP) is 4.11. The van der Waals surface area contributed by atoms with Crippen LogP contribution < -0.4 is 14.2 Å². The summed E-state index contributed by atoms with van der Waals surface area (Å²) in [5.41, 5.74) is 1.73. The summed E-state index contributed by atoms with van der Waals surface area (Å²) >= 11 is 0. The number of sulfonamides is 1. The molecular formula is C28H38N2O7S. The van der Waals surface area contributed by atoms with Crippen LogP contribution in [0.5, 0.6) is 17.2 Å². The van der Waals surface area contributed by atoms with Crippen molar-refractivity contribution >= 4 is 16.0 Å². The van der Waals surface area contributed by atoms with Crippen molar-refractivity contribution in [1.29, 1.82) is 0 Å². The second-order valence-electron chi connectivity index (χ2n) is 9.74. The van der Waals surface area contributed by atoms with E-state index in [4.69, 9.17) is 14.2 Å². The number of hydrogen-bond donors (Lipinski definition) is 1. The molecule has 0 amide bonds. The topological polar surface area (TPSA) is 106 Å². The number of aliphatic carboxylic acids is 1. The van der Waals surface area contributed by atoms with Gasteiger partial charge in [0.25, 0.3) is 0 Å². The summed E-state index contributed by atoms with van der Waals surface area (Å²) in [6.07, 6.45) is 1.60. The van der Waals surface area contributed by atoms with Crippen molar-refractivity contribution in [3.63, 3.8) is 0 Å². The minimum atomic E-state index is -3.37. The van der Waals surface area contributed by atoms with Crippen molar-refractivity contribution in [2.45, 2.75) is 45.6 Å². The van der Waals surface area contributed by atoms with Crippen LogP contribution in [0.2, 0.25) is 0 Å². The molecule has 0 radical (unpaired) electrons. The van der Waals surface area contributed by atoms with Crippen LogP contribution in [0.25, 0.3) is 0 Å². The quantitative estimate of drug-likeness (QED) is 0.400. The van der Waals surface area contributed by atoms with E-state index in [0.717, 1.165) is 23.3 Å². The van der Waals surface area contributed by atoms with Gasteiger partial charge in [0.1, 0.15) is 5.75 Å². The zero-order valence-electron chi connectivity index (χ0n) is 22.3. The number of benzene rings is 2. The van der Waals surface area contributed by atoms with Crippen LogP contribution in [0, 0.1) is 5.92 Å². The molecule has 4 rings (SSSR count). The highest BCUT2D eigenvalue weighted by atomic mass is 32.2. The SMILES string of the molecule is CCCOc1ccc([C@@H]2[C@@H](C(=O)O)[C@H](c3ccc4c(c3)OCO4)CN2CCN(CCC)S(=O)(=O)CC)cc1. The molecule has 0 aromatic heterocycles. The molecule has 1 fully saturated rings. The van der Waals surface area contributed by atoms with Crippen molar-refractivity contribution < 1.29 is 32.5 Å². The summed E-state index contributed by atoms with van der Waals surface area (Å²) < 4.78 is 43.7. The average Bonchev–Trinajstić information content (AvgIpc) is 3.54. The molecule has 0 bridgehead atoms. The van der Waals surface area contributed by atoms with Crippen LogP contribution >= 0.6 is 0 Å². The van der Waals surface area contributed by atoms with Crippen molar-refractivity contribution in [3.05, 3.63) is 53.6 Å². The zero-order chi connectivity index (χ0) is 27.3. The number of nitrogens with zero attached hydrogens (tertiary/aromatic N) is 2. The lowest BCUT2D eigenvalue weighted by atomic mass is 9.82. The Balaban J connectivity index is 1.67. The van der Waals surface area contributed by atoms with Gasteiger partial charge in [-0.05, 0) is 55.2 Å². The third-order valence-electron chi connectivity index (χ3n) is 7.27. The second-order valence-corrected chi connectivity index (χ2v) is 12.0. The second kappa shape index (κ2) is 12.4. The average molecular weight is 547 g/mol. The van der Waals surface area contributed by atoms with Gasteiger partial charge in [0.2, 0.25) is 16.8 Å². The van der Waals surface area contributed by atoms with E-state index in [0.29, 0.717) is 50.7 Å². The number of carboxylic acids is 1. The number of rotatable bonds is 13. The monoisotopic (exact) mass is 546 g/mol. The van der Waals surface area contributed by atoms with E-state index < -0.39 is 28.0 Å². The maximum atomic E-state index is 12.8. The molecule has 3 atom stereocenters. The highest BCUT2D eigenvalue weighted by Gasteiger charge is 2.47. The van der Waals surface area contributed by atoms with Gasteiger partial charge in [0.15, 0.2) is 11.5 Å². The van der Waals surface area contributed by atoms with Gasteiger partial charge in [-0.25, -0.2) is 12.7 Å². The first-order valence-electron chi connectivity index (χ1n) is 13.4. The van der Waals surface area contributed by atoms with E-state index in [9.17, 15) is 18.3 Å². The van der Waals surface area contributed by atoms with Crippen LogP contribution in [0.15, 0.2) is 42.5 Å². The fourth-order valence-corrected chi connectivity index (χ4v) is 6.57. The Morgan fingerprint density at radius 1 is 1.03 bits per heavy atom. The molecule has 0 saturated carbocycles. The Hall–Kier alpha value is -2.82. The Morgan fingerprint density at radius 2 is 1.74 bits per heavy atom. The van der Waals surface area contributed by atoms with Crippen molar-refractivity contribution in [2.75, 3.05) is 45.3 Å². The predicted molar refractivity (Wildman–Crippen MR) is 144 cm³/mol. The van der Waals surface area contributed by atoms with Crippen LogP contribution in [-0.4, -0.2) is 74.0 Å². The summed E-state index contributed by atoms with van der Waals surface area (Å²) in [6.45, 7) is 8.03. The van der Waals surface area contributed by atoms with Crippen molar-refractivity contribution in [1.82, 2.24) is 9.21 Å². The molecule has 1 N–H and O–H groups in total. The number of likely N-dealkylation sites (tertiary alicyclic amines) is 1. The minimum absolute atomic E-state index is 0.0349. The van der Waals surface area contributed by atoms with E-state index >= 15 is 0 Å². The molecule has 0 unspecified atom stereocenters. The number of ether oxygens (including phenoxy) is 3. The van der Waals surface area contributed by atoms with Gasteiger partial charge in [0, 0.05) is 38.1 Å². The Kier molecular flexibility index (Phi) is 9.17. The largest absolute Gasteiger partial charge is 0.494 e. The third kappa shape index (κ3) is 6.08. The molecule has 208 valence electrons. The Labute approximate surface area is 225 Å². The molecule has 10 heteroatoms. The molecule has 2 aromatic carbocycles. The molecule has 2 aliphatic rings. The number of carbonyl (C=O) groups is 1. The molecule has 2 aliphatic heterocycles. The van der Waals surface area contributed by atoms with E-state index in [1.807, 2.05) is 56.3 Å². The lowest BCUT2D eigenvalue weighted by Gasteiger charge is -2.30. The van der Waals surface area contributed by atoms with Gasteiger partial charge in [0.05, 0.1) is 18.3 Å². The van der Waals surface area contributed by atoms with Crippen LogP contribution in [0.4, 0.5) is 0 Å². The van der Waals surface area contributed by atoms with Gasteiger partial charge < -0.3 is 19.3 Å². The lowest BCUT2D eigenvalue weighted by molar-refractivity contribution is -0.143. The first kappa shape index (κ1) is 28.2. The van der Waals surface area contributed by atoms with E-state index in [-0.39, 0.29) is 18.5 Å². The van der Waals surface area contributed by atoms with Crippen molar-refractivity contribution in [3.8, 4) is 17.2 Å². The first-order valence-corrected chi connectivity index (χ1v) is 15.0. The lowest BCUT2D eigenvalue weighted by Crippen LogP contribution is -2.40. The van der Waals surface area contributed by atoms with Crippen LogP contribution in [-0.2, 0) is 14.8 Å². The Morgan fingerprint density at radius 3 is 2.39 bits per heavy atom. The first-order chi connectivity index (χ1) is 18.3. The highest BCUT2D eigenvalue weighted by molar-refractivity contribution is 7.89. The highest BCUT2D eigenvalue weighted by Crippen LogP contribution is 2.47. The molecule has 0 aliphatic carbocycles. The summed E-state index contributed by atoms with van der Waals surface area (Å²) in [5, 5.41) is 10.5. The number of fused-ring (bicyclic) bond motifs is 1. The summed E-state index contributed by atoms with van der Waals surface area (Å²) in [6, 6.07) is 12.8. The van der Waals surface area contributed by atoms with Gasteiger partial charge >= 0.3 is 5.97 Å². The molecule has 2 aromatic rings. The Bertz CT molecular complexity index is 1200. The number of hydrogen-bond acceptors (Lipinski definition) is 7. The van der Waals surface area contributed by atoms with Gasteiger partial charge in [-0.3, -0.25) is 9.69 Å². The van der Waals surface area contributed by atoms with Gasteiger partial charge in [-0.15, -0.1) is 0 Å². The smallest absolute Gasteiger partial charge is 0.309 e. The molecule has 2 heterocycles. The molecule has 9 nitrogen and oxygen atoms in total. The standard InChI is InChI=1S/C28H38N2O7S/c1-4-13-30(38(33,34)6-3)15-14-29-18-23(21-9-12-24-25(17-21)37-19-36-24)26(28(31)32)27(29)20-7-10-22(11-8-20)35-16-5-2/h7-12,17,23,26-27H,4-6,13-16,18-19H2,1-3H3,(H,31,32)/t23-,26-,27+/m0/s1. The van der Waals surface area contributed by atoms with Gasteiger partial charge in [-0.1, -0.05) is 32.0 Å². The van der Waals surface area contributed by atoms with Gasteiger partial charge in [-0.2, -0.15) is 0 Å². The minimum Gasteiger partial charge on any atom is -0.494 e. The molecular weight excluding hydrogens is 508 g/mol. The third-order valence-corrected chi connectivity index (χ3v) is 9.15. The maximum Gasteiger partial charge on any atom is 0.309 e.